The van der Waals surface area contributed by atoms with Crippen LogP contribution < -0.4 is 5.32 Å². The van der Waals surface area contributed by atoms with Gasteiger partial charge in [0, 0.05) is 17.5 Å². The molecule has 5 heteroatoms. The molecule has 1 aliphatic rings. The largest absolute Gasteiger partial charge is 0.393 e. The van der Waals surface area contributed by atoms with Crippen LogP contribution in [0.3, 0.4) is 0 Å². The molecule has 0 radical (unpaired) electrons. The monoisotopic (exact) mass is 283 g/mol. The fourth-order valence-electron chi connectivity index (χ4n) is 2.26. The summed E-state index contributed by atoms with van der Waals surface area (Å²) in [5, 5.41) is 13.4. The molecule has 1 saturated carbocycles. The van der Waals surface area contributed by atoms with Gasteiger partial charge in [0.25, 0.3) is 0 Å². The molecule has 0 unspecified atom stereocenters. The average molecular weight is 284 g/mol. The molecule has 19 heavy (non-hydrogen) atoms. The first kappa shape index (κ1) is 14.5. The summed E-state index contributed by atoms with van der Waals surface area (Å²) in [6, 6.07) is 2.13. The third-order valence-corrected chi connectivity index (χ3v) is 3.61. The predicted molar refractivity (Wildman–Crippen MR) is 77.6 cm³/mol. The SMILES string of the molecule is CC(C)(C)c1nc(Cl)cc(NC2CCC(O)CC2)n1. The van der Waals surface area contributed by atoms with E-state index in [0.29, 0.717) is 11.2 Å². The first-order chi connectivity index (χ1) is 8.84. The Morgan fingerprint density at radius 3 is 2.42 bits per heavy atom. The third-order valence-electron chi connectivity index (χ3n) is 3.41. The molecule has 0 aromatic carbocycles. The van der Waals surface area contributed by atoms with Crippen molar-refractivity contribution < 1.29 is 5.11 Å². The highest BCUT2D eigenvalue weighted by Crippen LogP contribution is 2.25. The summed E-state index contributed by atoms with van der Waals surface area (Å²) in [7, 11) is 0. The van der Waals surface area contributed by atoms with Crippen LogP contribution in [0, 0.1) is 0 Å². The molecule has 4 nitrogen and oxygen atoms in total. The molecule has 0 atom stereocenters. The molecule has 1 aromatic rings. The van der Waals surface area contributed by atoms with Crippen molar-refractivity contribution in [3.8, 4) is 0 Å². The smallest absolute Gasteiger partial charge is 0.137 e. The summed E-state index contributed by atoms with van der Waals surface area (Å²) in [6.45, 7) is 6.21. The van der Waals surface area contributed by atoms with Crippen LogP contribution in [0.1, 0.15) is 52.3 Å². The Balaban J connectivity index is 2.10. The van der Waals surface area contributed by atoms with Gasteiger partial charge in [-0.3, -0.25) is 0 Å². The van der Waals surface area contributed by atoms with Crippen LogP contribution in [-0.4, -0.2) is 27.2 Å². The zero-order chi connectivity index (χ0) is 14.0. The molecular formula is C14H22ClN3O. The lowest BCUT2D eigenvalue weighted by Gasteiger charge is -2.27. The number of nitrogens with one attached hydrogen (secondary N) is 1. The number of aliphatic hydroxyl groups excluding tert-OH is 1. The first-order valence-electron chi connectivity index (χ1n) is 6.84. The number of hydrogen-bond acceptors (Lipinski definition) is 4. The number of halogens is 1. The van der Waals surface area contributed by atoms with E-state index >= 15 is 0 Å². The van der Waals surface area contributed by atoms with Crippen LogP contribution >= 0.6 is 11.6 Å². The van der Waals surface area contributed by atoms with Crippen molar-refractivity contribution >= 4 is 17.4 Å². The topological polar surface area (TPSA) is 58.0 Å². The third kappa shape index (κ3) is 4.05. The van der Waals surface area contributed by atoms with Crippen molar-refractivity contribution in [2.24, 2.45) is 0 Å². The molecular weight excluding hydrogens is 262 g/mol. The van der Waals surface area contributed by atoms with E-state index in [1.807, 2.05) is 0 Å². The second kappa shape index (κ2) is 5.63. The number of anilines is 1. The Labute approximate surface area is 119 Å². The molecule has 1 fully saturated rings. The van der Waals surface area contributed by atoms with Crippen LogP contribution in [0.15, 0.2) is 6.07 Å². The normalized spacial score (nSPS) is 24.3. The number of hydrogen-bond donors (Lipinski definition) is 2. The van der Waals surface area contributed by atoms with E-state index < -0.39 is 0 Å². The average Bonchev–Trinajstić information content (AvgIpc) is 2.30. The van der Waals surface area contributed by atoms with Gasteiger partial charge in [-0.1, -0.05) is 32.4 Å². The lowest BCUT2D eigenvalue weighted by Crippen LogP contribution is -2.29. The predicted octanol–water partition coefficient (Wildman–Crippen LogP) is 3.14. The summed E-state index contributed by atoms with van der Waals surface area (Å²) in [5.41, 5.74) is -0.121. The van der Waals surface area contributed by atoms with Crippen molar-refractivity contribution in [3.63, 3.8) is 0 Å². The van der Waals surface area contributed by atoms with E-state index in [9.17, 15) is 5.11 Å². The van der Waals surface area contributed by atoms with E-state index in [1.54, 1.807) is 6.07 Å². The molecule has 1 heterocycles. The molecule has 0 spiro atoms. The summed E-state index contributed by atoms with van der Waals surface area (Å²) in [4.78, 5) is 8.83. The number of aromatic nitrogens is 2. The Morgan fingerprint density at radius 1 is 1.21 bits per heavy atom. The minimum absolute atomic E-state index is 0.121. The second-order valence-corrected chi connectivity index (χ2v) is 6.69. The molecule has 2 N–H and O–H groups in total. The van der Waals surface area contributed by atoms with Gasteiger partial charge in [-0.05, 0) is 25.7 Å². The van der Waals surface area contributed by atoms with Crippen molar-refractivity contribution in [1.82, 2.24) is 9.97 Å². The highest BCUT2D eigenvalue weighted by Gasteiger charge is 2.22. The van der Waals surface area contributed by atoms with E-state index in [4.69, 9.17) is 11.6 Å². The van der Waals surface area contributed by atoms with Gasteiger partial charge >= 0.3 is 0 Å². The molecule has 0 saturated heterocycles. The van der Waals surface area contributed by atoms with Gasteiger partial charge < -0.3 is 10.4 Å². The Hall–Kier alpha value is -0.870. The zero-order valence-corrected chi connectivity index (χ0v) is 12.5. The van der Waals surface area contributed by atoms with Crippen LogP contribution in [-0.2, 0) is 5.41 Å². The summed E-state index contributed by atoms with van der Waals surface area (Å²) >= 11 is 6.07. The summed E-state index contributed by atoms with van der Waals surface area (Å²) < 4.78 is 0. The van der Waals surface area contributed by atoms with Gasteiger partial charge in [-0.2, -0.15) is 0 Å². The number of aliphatic hydroxyl groups is 1. The molecule has 1 aromatic heterocycles. The number of rotatable bonds is 2. The van der Waals surface area contributed by atoms with E-state index in [1.165, 1.54) is 0 Å². The lowest BCUT2D eigenvalue weighted by atomic mass is 9.93. The van der Waals surface area contributed by atoms with Crippen LogP contribution in [0.25, 0.3) is 0 Å². The van der Waals surface area contributed by atoms with Crippen molar-refractivity contribution in [2.45, 2.75) is 64.0 Å². The van der Waals surface area contributed by atoms with Crippen LogP contribution in [0.5, 0.6) is 0 Å². The first-order valence-corrected chi connectivity index (χ1v) is 7.22. The van der Waals surface area contributed by atoms with Crippen LogP contribution in [0.2, 0.25) is 5.15 Å². The molecule has 0 aliphatic heterocycles. The zero-order valence-electron chi connectivity index (χ0n) is 11.8. The van der Waals surface area contributed by atoms with E-state index in [0.717, 1.165) is 37.3 Å². The maximum absolute atomic E-state index is 9.51. The van der Waals surface area contributed by atoms with Gasteiger partial charge in [0.2, 0.25) is 0 Å². The minimum atomic E-state index is -0.142. The van der Waals surface area contributed by atoms with Crippen molar-refractivity contribution in [2.75, 3.05) is 5.32 Å². The molecule has 0 bridgehead atoms. The molecule has 0 amide bonds. The Bertz CT molecular complexity index is 437. The standard InChI is InChI=1S/C14H22ClN3O/c1-14(2,3)13-17-11(15)8-12(18-13)16-9-4-6-10(19)7-5-9/h8-10,19H,4-7H2,1-3H3,(H,16,17,18). The maximum Gasteiger partial charge on any atom is 0.137 e. The fraction of sp³-hybridized carbons (Fsp3) is 0.714. The fourth-order valence-corrected chi connectivity index (χ4v) is 2.44. The van der Waals surface area contributed by atoms with Crippen molar-refractivity contribution in [3.05, 3.63) is 17.0 Å². The number of nitrogens with zero attached hydrogens (tertiary/aromatic N) is 2. The van der Waals surface area contributed by atoms with Crippen molar-refractivity contribution in [1.29, 1.82) is 0 Å². The Kier molecular flexibility index (Phi) is 4.31. The lowest BCUT2D eigenvalue weighted by molar-refractivity contribution is 0.126. The quantitative estimate of drug-likeness (QED) is 0.819. The minimum Gasteiger partial charge on any atom is -0.393 e. The molecule has 2 rings (SSSR count). The molecule has 106 valence electrons. The molecule has 1 aliphatic carbocycles. The highest BCUT2D eigenvalue weighted by molar-refractivity contribution is 6.29. The van der Waals surface area contributed by atoms with Gasteiger partial charge in [0.05, 0.1) is 6.10 Å². The summed E-state index contributed by atoms with van der Waals surface area (Å²) in [6.07, 6.45) is 3.49. The highest BCUT2D eigenvalue weighted by atomic mass is 35.5. The van der Waals surface area contributed by atoms with Crippen LogP contribution in [0.4, 0.5) is 5.82 Å². The maximum atomic E-state index is 9.51. The second-order valence-electron chi connectivity index (χ2n) is 6.30. The van der Waals surface area contributed by atoms with Gasteiger partial charge in [-0.15, -0.1) is 0 Å². The summed E-state index contributed by atoms with van der Waals surface area (Å²) in [5.74, 6) is 1.53. The van der Waals surface area contributed by atoms with Gasteiger partial charge in [-0.25, -0.2) is 9.97 Å². The van der Waals surface area contributed by atoms with E-state index in [-0.39, 0.29) is 11.5 Å². The van der Waals surface area contributed by atoms with Gasteiger partial charge in [0.15, 0.2) is 0 Å². The Morgan fingerprint density at radius 2 is 1.84 bits per heavy atom. The van der Waals surface area contributed by atoms with Gasteiger partial charge in [0.1, 0.15) is 16.8 Å². The van der Waals surface area contributed by atoms with E-state index in [2.05, 4.69) is 36.1 Å².